The van der Waals surface area contributed by atoms with Crippen molar-refractivity contribution in [3.05, 3.63) is 58.0 Å². The second kappa shape index (κ2) is 6.86. The minimum absolute atomic E-state index is 0.231. The van der Waals surface area contributed by atoms with Crippen LogP contribution >= 0.6 is 67.8 Å². The number of rotatable bonds is 2. The zero-order valence-corrected chi connectivity index (χ0v) is 16.8. The van der Waals surface area contributed by atoms with Crippen molar-refractivity contribution in [1.82, 2.24) is 0 Å². The van der Waals surface area contributed by atoms with Gasteiger partial charge in [-0.15, -0.1) is 0 Å². The Labute approximate surface area is 157 Å². The van der Waals surface area contributed by atoms with Gasteiger partial charge >= 0.3 is 0 Å². The Morgan fingerprint density at radius 3 is 2.25 bits per heavy atom. The van der Waals surface area contributed by atoms with E-state index < -0.39 is 0 Å². The standard InChI is InChI=1S/C14H9FI3NO/c1-7-4-8(2-3-10(7)15)14(20)19-13-11(17)5-9(16)6-12(13)18/h2-6H,1H3,(H,19,20). The van der Waals surface area contributed by atoms with Crippen LogP contribution in [0.1, 0.15) is 15.9 Å². The van der Waals surface area contributed by atoms with Crippen LogP contribution in [0.3, 0.4) is 0 Å². The summed E-state index contributed by atoms with van der Waals surface area (Å²) < 4.78 is 16.3. The summed E-state index contributed by atoms with van der Waals surface area (Å²) >= 11 is 6.62. The fraction of sp³-hybridized carbons (Fsp3) is 0.0714. The van der Waals surface area contributed by atoms with E-state index in [9.17, 15) is 9.18 Å². The number of amides is 1. The number of hydrogen-bond donors (Lipinski definition) is 1. The lowest BCUT2D eigenvalue weighted by Crippen LogP contribution is -2.14. The average molecular weight is 607 g/mol. The number of benzene rings is 2. The Bertz CT molecular complexity index is 665. The lowest BCUT2D eigenvalue weighted by molar-refractivity contribution is 0.102. The lowest BCUT2D eigenvalue weighted by atomic mass is 10.1. The molecule has 0 aromatic heterocycles. The van der Waals surface area contributed by atoms with Crippen molar-refractivity contribution in [2.24, 2.45) is 0 Å². The summed E-state index contributed by atoms with van der Waals surface area (Å²) in [6.45, 7) is 1.64. The van der Waals surface area contributed by atoms with Crippen LogP contribution in [0.2, 0.25) is 0 Å². The molecule has 6 heteroatoms. The van der Waals surface area contributed by atoms with E-state index in [1.165, 1.54) is 12.1 Å². The maximum Gasteiger partial charge on any atom is 0.255 e. The number of aryl methyl sites for hydroxylation is 1. The van der Waals surface area contributed by atoms with E-state index in [0.717, 1.165) is 16.4 Å². The molecule has 2 aromatic carbocycles. The molecule has 20 heavy (non-hydrogen) atoms. The summed E-state index contributed by atoms with van der Waals surface area (Å²) in [7, 11) is 0. The predicted octanol–water partition coefficient (Wildman–Crippen LogP) is 5.20. The molecule has 0 heterocycles. The van der Waals surface area contributed by atoms with Gasteiger partial charge in [-0.1, -0.05) is 0 Å². The van der Waals surface area contributed by atoms with Crippen LogP contribution in [-0.2, 0) is 0 Å². The molecule has 0 atom stereocenters. The van der Waals surface area contributed by atoms with Gasteiger partial charge in [0.25, 0.3) is 5.91 Å². The topological polar surface area (TPSA) is 29.1 Å². The SMILES string of the molecule is Cc1cc(C(=O)Nc2c(I)cc(I)cc2I)ccc1F. The Hall–Kier alpha value is 0.0300. The molecular weight excluding hydrogens is 598 g/mol. The van der Waals surface area contributed by atoms with Crippen LogP contribution in [0.5, 0.6) is 0 Å². The Kier molecular flexibility index (Phi) is 5.63. The maximum absolute atomic E-state index is 13.2. The first-order chi connectivity index (χ1) is 9.38. The van der Waals surface area contributed by atoms with Crippen LogP contribution in [0.4, 0.5) is 10.1 Å². The molecule has 0 unspecified atom stereocenters. The highest BCUT2D eigenvalue weighted by molar-refractivity contribution is 14.1. The molecule has 2 rings (SSSR count). The third-order valence-electron chi connectivity index (χ3n) is 2.67. The molecule has 0 aliphatic carbocycles. The Morgan fingerprint density at radius 1 is 1.10 bits per heavy atom. The van der Waals surface area contributed by atoms with Crippen LogP contribution in [0, 0.1) is 23.5 Å². The highest BCUT2D eigenvalue weighted by atomic mass is 127. The molecule has 0 saturated heterocycles. The third-order valence-corrected chi connectivity index (χ3v) is 4.99. The zero-order valence-electron chi connectivity index (χ0n) is 10.3. The smallest absolute Gasteiger partial charge is 0.255 e. The molecule has 2 aromatic rings. The lowest BCUT2D eigenvalue weighted by Gasteiger charge is -2.11. The van der Waals surface area contributed by atoms with Gasteiger partial charge in [0, 0.05) is 16.3 Å². The number of carbonyl (C=O) groups excluding carboxylic acids is 1. The molecule has 0 aliphatic heterocycles. The first kappa shape index (κ1) is 16.4. The van der Waals surface area contributed by atoms with E-state index >= 15 is 0 Å². The van der Waals surface area contributed by atoms with Crippen LogP contribution < -0.4 is 5.32 Å². The van der Waals surface area contributed by atoms with E-state index in [2.05, 4.69) is 73.1 Å². The van der Waals surface area contributed by atoms with Crippen LogP contribution in [-0.4, -0.2) is 5.91 Å². The molecule has 0 spiro atoms. The summed E-state index contributed by atoms with van der Waals surface area (Å²) in [6.07, 6.45) is 0. The van der Waals surface area contributed by atoms with Crippen molar-refractivity contribution in [2.75, 3.05) is 5.32 Å². The van der Waals surface area contributed by atoms with Crippen LogP contribution in [0.15, 0.2) is 30.3 Å². The highest BCUT2D eigenvalue weighted by Crippen LogP contribution is 2.27. The molecule has 0 fully saturated rings. The van der Waals surface area contributed by atoms with Gasteiger partial charge < -0.3 is 5.32 Å². The first-order valence-electron chi connectivity index (χ1n) is 5.60. The molecule has 2 nitrogen and oxygen atoms in total. The minimum atomic E-state index is -0.306. The van der Waals surface area contributed by atoms with Crippen molar-refractivity contribution in [2.45, 2.75) is 6.92 Å². The molecule has 0 bridgehead atoms. The molecule has 0 saturated carbocycles. The fourth-order valence-corrected chi connectivity index (χ4v) is 5.49. The first-order valence-corrected chi connectivity index (χ1v) is 8.84. The molecule has 104 valence electrons. The second-order valence-corrected chi connectivity index (χ2v) is 7.73. The Balaban J connectivity index is 2.30. The summed E-state index contributed by atoms with van der Waals surface area (Å²) in [5.74, 6) is -0.537. The van der Waals surface area contributed by atoms with E-state index in [1.54, 1.807) is 13.0 Å². The van der Waals surface area contributed by atoms with Gasteiger partial charge in [0.15, 0.2) is 0 Å². The number of halogens is 4. The average Bonchev–Trinajstić information content (AvgIpc) is 2.36. The molecular formula is C14H9FI3NO. The number of nitrogens with one attached hydrogen (secondary N) is 1. The van der Waals surface area contributed by atoms with E-state index in [0.29, 0.717) is 11.1 Å². The normalized spacial score (nSPS) is 10.4. The van der Waals surface area contributed by atoms with E-state index in [1.807, 2.05) is 12.1 Å². The van der Waals surface area contributed by atoms with Gasteiger partial charge in [-0.25, -0.2) is 4.39 Å². The van der Waals surface area contributed by atoms with Crippen molar-refractivity contribution in [1.29, 1.82) is 0 Å². The number of carbonyl (C=O) groups is 1. The molecule has 0 radical (unpaired) electrons. The number of hydrogen-bond acceptors (Lipinski definition) is 1. The fourth-order valence-electron chi connectivity index (χ4n) is 1.63. The molecule has 1 N–H and O–H groups in total. The largest absolute Gasteiger partial charge is 0.320 e. The zero-order chi connectivity index (χ0) is 14.9. The van der Waals surface area contributed by atoms with Crippen molar-refractivity contribution < 1.29 is 9.18 Å². The van der Waals surface area contributed by atoms with Crippen molar-refractivity contribution >= 4 is 79.4 Å². The van der Waals surface area contributed by atoms with Gasteiger partial charge in [-0.3, -0.25) is 4.79 Å². The molecule has 0 aliphatic rings. The second-order valence-electron chi connectivity index (χ2n) is 4.16. The molecule has 1 amide bonds. The van der Waals surface area contributed by atoms with Crippen molar-refractivity contribution in [3.63, 3.8) is 0 Å². The Morgan fingerprint density at radius 2 is 1.70 bits per heavy atom. The predicted molar refractivity (Wildman–Crippen MR) is 104 cm³/mol. The minimum Gasteiger partial charge on any atom is -0.320 e. The summed E-state index contributed by atoms with van der Waals surface area (Å²) in [6, 6.07) is 8.35. The maximum atomic E-state index is 13.2. The van der Waals surface area contributed by atoms with E-state index in [4.69, 9.17) is 0 Å². The highest BCUT2D eigenvalue weighted by Gasteiger charge is 2.13. The summed E-state index contributed by atoms with van der Waals surface area (Å²) in [5.41, 5.74) is 1.71. The summed E-state index contributed by atoms with van der Waals surface area (Å²) in [5, 5.41) is 2.89. The van der Waals surface area contributed by atoms with Gasteiger partial charge in [0.05, 0.1) is 5.69 Å². The number of anilines is 1. The van der Waals surface area contributed by atoms with Gasteiger partial charge in [-0.2, -0.15) is 0 Å². The van der Waals surface area contributed by atoms with Crippen LogP contribution in [0.25, 0.3) is 0 Å². The summed E-state index contributed by atoms with van der Waals surface area (Å²) in [4.78, 5) is 12.2. The van der Waals surface area contributed by atoms with Gasteiger partial charge in [-0.05, 0) is 111 Å². The van der Waals surface area contributed by atoms with Crippen molar-refractivity contribution in [3.8, 4) is 0 Å². The van der Waals surface area contributed by atoms with E-state index in [-0.39, 0.29) is 11.7 Å². The quantitative estimate of drug-likeness (QED) is 0.468. The van der Waals surface area contributed by atoms with Gasteiger partial charge in [0.2, 0.25) is 0 Å². The third kappa shape index (κ3) is 3.81. The monoisotopic (exact) mass is 607 g/mol. The van der Waals surface area contributed by atoms with Gasteiger partial charge in [0.1, 0.15) is 5.82 Å².